The largest absolute Gasteiger partial charge is 0.511 e. The Morgan fingerprint density at radius 2 is 1.79 bits per heavy atom. The maximum absolute atomic E-state index is 16.0. The van der Waals surface area contributed by atoms with Crippen LogP contribution in [0, 0.1) is 28.4 Å². The van der Waals surface area contributed by atoms with Gasteiger partial charge < -0.3 is 34.3 Å². The minimum absolute atomic E-state index is 0.00942. The van der Waals surface area contributed by atoms with Crippen LogP contribution in [-0.2, 0) is 29.2 Å². The minimum atomic E-state index is -1.83. The molecule has 2 N–H and O–H groups in total. The van der Waals surface area contributed by atoms with Crippen LogP contribution in [-0.4, -0.2) is 63.3 Å². The van der Waals surface area contributed by atoms with E-state index in [4.69, 9.17) is 46.9 Å². The number of anilines is 1. The summed E-state index contributed by atoms with van der Waals surface area (Å²) >= 11 is 12.3. The Morgan fingerprint density at radius 3 is 2.43 bits per heavy atom. The van der Waals surface area contributed by atoms with Crippen molar-refractivity contribution in [2.24, 2.45) is 5.41 Å². The fourth-order valence-electron chi connectivity index (χ4n) is 6.43. The first-order valence-corrected chi connectivity index (χ1v) is 17.5. The lowest BCUT2D eigenvalue weighted by Crippen LogP contribution is -2.45. The van der Waals surface area contributed by atoms with Crippen LogP contribution in [0.2, 0.25) is 10.0 Å². The van der Waals surface area contributed by atoms with Gasteiger partial charge in [0.05, 0.1) is 42.1 Å². The molecule has 5 atom stereocenters. The molecule has 1 aliphatic rings. The predicted octanol–water partition coefficient (Wildman–Crippen LogP) is 7.93. The van der Waals surface area contributed by atoms with Crippen molar-refractivity contribution in [1.82, 2.24) is 5.32 Å². The Hall–Kier alpha value is -4.48. The molecule has 1 aliphatic heterocycles. The lowest BCUT2D eigenvalue weighted by molar-refractivity contribution is -0.118. The van der Waals surface area contributed by atoms with E-state index in [1.807, 2.05) is 20.8 Å². The number of amides is 1. The van der Waals surface area contributed by atoms with Gasteiger partial charge >= 0.3 is 12.1 Å². The Bertz CT molecular complexity index is 1870. The van der Waals surface area contributed by atoms with E-state index < -0.39 is 64.8 Å². The second-order valence-corrected chi connectivity index (χ2v) is 14.3. The van der Waals surface area contributed by atoms with Crippen molar-refractivity contribution < 1.29 is 46.8 Å². The van der Waals surface area contributed by atoms with Crippen molar-refractivity contribution in [2.45, 2.75) is 70.7 Å². The molecule has 2 unspecified atom stereocenters. The fourth-order valence-corrected chi connectivity index (χ4v) is 6.77. The highest BCUT2D eigenvalue weighted by atomic mass is 35.5. The molecule has 3 aromatic carbocycles. The van der Waals surface area contributed by atoms with Crippen LogP contribution in [0.4, 0.5) is 19.3 Å². The lowest BCUT2D eigenvalue weighted by atomic mass is 9.62. The van der Waals surface area contributed by atoms with E-state index in [1.165, 1.54) is 62.6 Å². The first-order chi connectivity index (χ1) is 25.1. The number of rotatable bonds is 13. The van der Waals surface area contributed by atoms with Crippen molar-refractivity contribution in [3.05, 3.63) is 93.0 Å². The van der Waals surface area contributed by atoms with Gasteiger partial charge in [-0.05, 0) is 60.7 Å². The van der Waals surface area contributed by atoms with Gasteiger partial charge in [-0.15, -0.1) is 0 Å². The van der Waals surface area contributed by atoms with E-state index >= 15 is 8.78 Å². The highest BCUT2D eigenvalue weighted by Crippen LogP contribution is 2.53. The number of hydrogen-bond acceptors (Lipinski definition) is 10. The fraction of sp³-hybridized carbons (Fsp3) is 0.421. The SMILES string of the molecule is CCOCCOC(=O)OC(C)OC(=O)c1ccc(NC(=O)[C@@H]2N[C@@H](CC(C)(C)C)C(C#N)(c3ccc(Cl)cc3F)[C@H]2c2cccc(Cl)c2F)c(OC)c1. The van der Waals surface area contributed by atoms with Crippen molar-refractivity contribution in [3.8, 4) is 11.8 Å². The molecular formula is C38H41Cl2F2N3O8. The number of esters is 1. The average Bonchev–Trinajstić information content (AvgIpc) is 3.40. The number of carbonyl (C=O) groups excluding carboxylic acids is 3. The molecule has 15 heteroatoms. The molecule has 1 fully saturated rings. The molecular weight excluding hydrogens is 735 g/mol. The zero-order chi connectivity index (χ0) is 39.1. The summed E-state index contributed by atoms with van der Waals surface area (Å²) in [5.74, 6) is -4.50. The smallest absolute Gasteiger partial charge is 0.495 e. The monoisotopic (exact) mass is 775 g/mol. The summed E-state index contributed by atoms with van der Waals surface area (Å²) < 4.78 is 57.5. The summed E-state index contributed by atoms with van der Waals surface area (Å²) in [5, 5.41) is 16.9. The van der Waals surface area contributed by atoms with Gasteiger partial charge in [-0.2, -0.15) is 5.26 Å². The molecule has 3 aromatic rings. The van der Waals surface area contributed by atoms with E-state index in [1.54, 1.807) is 6.92 Å². The number of ether oxygens (including phenoxy) is 5. The van der Waals surface area contributed by atoms with Crippen LogP contribution in [0.3, 0.4) is 0 Å². The highest BCUT2D eigenvalue weighted by Gasteiger charge is 2.61. The first-order valence-electron chi connectivity index (χ1n) is 16.7. The number of methoxy groups -OCH3 is 1. The van der Waals surface area contributed by atoms with Crippen molar-refractivity contribution >= 4 is 46.9 Å². The molecule has 0 aliphatic carbocycles. The second kappa shape index (κ2) is 17.6. The van der Waals surface area contributed by atoms with Crippen LogP contribution in [0.25, 0.3) is 0 Å². The van der Waals surface area contributed by atoms with E-state index in [0.29, 0.717) is 6.61 Å². The second-order valence-electron chi connectivity index (χ2n) is 13.5. The Kier molecular flexibility index (Phi) is 13.7. The van der Waals surface area contributed by atoms with Crippen LogP contribution < -0.4 is 15.4 Å². The number of halogens is 4. The number of carbonyl (C=O) groups is 3. The van der Waals surface area contributed by atoms with Crippen molar-refractivity contribution in [3.63, 3.8) is 0 Å². The number of nitrogens with zero attached hydrogens (tertiary/aromatic N) is 1. The molecule has 284 valence electrons. The molecule has 53 heavy (non-hydrogen) atoms. The van der Waals surface area contributed by atoms with E-state index in [9.17, 15) is 19.6 Å². The number of nitriles is 1. The highest BCUT2D eigenvalue weighted by molar-refractivity contribution is 6.31. The molecule has 0 aromatic heterocycles. The number of benzene rings is 3. The average molecular weight is 777 g/mol. The summed E-state index contributed by atoms with van der Waals surface area (Å²) in [6, 6.07) is 12.3. The van der Waals surface area contributed by atoms with Gasteiger partial charge in [0.15, 0.2) is 0 Å². The molecule has 0 bridgehead atoms. The molecule has 11 nitrogen and oxygen atoms in total. The number of nitrogens with one attached hydrogen (secondary N) is 2. The molecule has 1 heterocycles. The van der Waals surface area contributed by atoms with Gasteiger partial charge in [0.25, 0.3) is 0 Å². The van der Waals surface area contributed by atoms with Crippen molar-refractivity contribution in [1.29, 1.82) is 5.26 Å². The summed E-state index contributed by atoms with van der Waals surface area (Å²) in [6.07, 6.45) is -2.09. The molecule has 1 saturated heterocycles. The van der Waals surface area contributed by atoms with Crippen LogP contribution >= 0.6 is 23.2 Å². The normalized spacial score (nSPS) is 20.2. The lowest BCUT2D eigenvalue weighted by Gasteiger charge is -2.37. The molecule has 0 saturated carbocycles. The van der Waals surface area contributed by atoms with E-state index in [0.717, 1.165) is 6.07 Å². The molecule has 1 amide bonds. The Labute approximate surface area is 316 Å². The van der Waals surface area contributed by atoms with Gasteiger partial charge in [0.1, 0.15) is 29.4 Å². The molecule has 0 spiro atoms. The maximum atomic E-state index is 16.0. The molecule has 4 rings (SSSR count). The summed E-state index contributed by atoms with van der Waals surface area (Å²) in [6.45, 7) is 9.48. The predicted molar refractivity (Wildman–Crippen MR) is 193 cm³/mol. The van der Waals surface area contributed by atoms with Gasteiger partial charge in [-0.25, -0.2) is 18.4 Å². The molecule has 0 radical (unpaired) electrons. The van der Waals surface area contributed by atoms with Crippen LogP contribution in [0.1, 0.15) is 68.4 Å². The third-order valence-electron chi connectivity index (χ3n) is 8.61. The van der Waals surface area contributed by atoms with E-state index in [2.05, 4.69) is 16.7 Å². The van der Waals surface area contributed by atoms with Crippen LogP contribution in [0.15, 0.2) is 54.6 Å². The standard InChI is InChI=1S/C38H41Cl2F2N3O8/c1-7-50-15-16-51-36(48)53-21(2)52-35(47)22-11-14-28(29(17-22)49-6)44-34(46)33-31(24-9-8-10-26(40)32(24)42)38(20-43,30(45-33)19-37(3,4)5)25-13-12-23(39)18-27(25)41/h8-14,17-18,21,30-31,33,45H,7,15-16,19H2,1-6H3,(H,44,46)/t21?,30-,31-,33+,38?/m0/s1. The number of hydrogen-bond donors (Lipinski definition) is 2. The zero-order valence-electron chi connectivity index (χ0n) is 30.1. The minimum Gasteiger partial charge on any atom is -0.495 e. The van der Waals surface area contributed by atoms with Gasteiger partial charge in [0.2, 0.25) is 12.2 Å². The van der Waals surface area contributed by atoms with Gasteiger partial charge in [0, 0.05) is 36.1 Å². The first kappa shape index (κ1) is 41.3. The maximum Gasteiger partial charge on any atom is 0.511 e. The summed E-state index contributed by atoms with van der Waals surface area (Å²) in [5.41, 5.74) is -2.30. The Morgan fingerprint density at radius 1 is 1.06 bits per heavy atom. The van der Waals surface area contributed by atoms with Crippen molar-refractivity contribution in [2.75, 3.05) is 32.2 Å². The third kappa shape index (κ3) is 9.55. The summed E-state index contributed by atoms with van der Waals surface area (Å²) in [4.78, 5) is 39.1. The van der Waals surface area contributed by atoms with E-state index in [-0.39, 0.29) is 57.8 Å². The van der Waals surface area contributed by atoms with Gasteiger partial charge in [-0.1, -0.05) is 62.2 Å². The quantitative estimate of drug-likeness (QED) is 0.0998. The summed E-state index contributed by atoms with van der Waals surface area (Å²) in [7, 11) is 1.31. The Balaban J connectivity index is 1.68. The van der Waals surface area contributed by atoms with Crippen LogP contribution in [0.5, 0.6) is 5.75 Å². The topological polar surface area (TPSA) is 145 Å². The van der Waals surface area contributed by atoms with Gasteiger partial charge in [-0.3, -0.25) is 4.79 Å². The third-order valence-corrected chi connectivity index (χ3v) is 9.14. The zero-order valence-corrected chi connectivity index (χ0v) is 31.6.